The van der Waals surface area contributed by atoms with Crippen molar-refractivity contribution in [3.05, 3.63) is 11.6 Å². The summed E-state index contributed by atoms with van der Waals surface area (Å²) in [4.78, 5) is 12.9. The fourth-order valence-electron chi connectivity index (χ4n) is 13.3. The summed E-state index contributed by atoms with van der Waals surface area (Å²) >= 11 is 0. The Morgan fingerprint density at radius 3 is 1.98 bits per heavy atom. The molecule has 4 saturated carbocycles. The highest BCUT2D eigenvalue weighted by atomic mass is 16.7. The standard InChI is InChI=1S/C41H66O13/c1-37(2)15-16-41(36(49)50)14-9-21-20(22(41)17-37)7-8-26-39(21,5)12-10-25-38(3,4)27(11-13-40(25,26)6)53-35-32(48)33(29(45)24(19-43)52-35)54-34-31(47)30(46)28(44)23(18-42)51-34/h7,21-35,42-48H,8-19H2,1-6H3,(H,49,50). The van der Waals surface area contributed by atoms with Gasteiger partial charge in [-0.2, -0.15) is 0 Å². The molecule has 54 heavy (non-hydrogen) atoms. The zero-order valence-corrected chi connectivity index (χ0v) is 32.8. The number of ether oxygens (including phenoxy) is 4. The van der Waals surface area contributed by atoms with Crippen LogP contribution in [-0.4, -0.2) is 128 Å². The molecular formula is C41H66O13. The third-order valence-corrected chi connectivity index (χ3v) is 16.5. The zero-order chi connectivity index (χ0) is 39.3. The Balaban J connectivity index is 1.10. The van der Waals surface area contributed by atoms with Crippen molar-refractivity contribution in [2.75, 3.05) is 13.2 Å². The third kappa shape index (κ3) is 6.26. The van der Waals surface area contributed by atoms with Crippen LogP contribution in [0.4, 0.5) is 0 Å². The van der Waals surface area contributed by atoms with Gasteiger partial charge in [0.2, 0.25) is 0 Å². The van der Waals surface area contributed by atoms with Gasteiger partial charge in [-0.05, 0) is 110 Å². The van der Waals surface area contributed by atoms with Gasteiger partial charge in [0.05, 0.1) is 24.7 Å². The molecule has 2 aliphatic heterocycles. The number of hydrogen-bond donors (Lipinski definition) is 8. The maximum absolute atomic E-state index is 12.9. The van der Waals surface area contributed by atoms with Gasteiger partial charge in [0, 0.05) is 0 Å². The van der Waals surface area contributed by atoms with Crippen molar-refractivity contribution < 1.29 is 64.6 Å². The van der Waals surface area contributed by atoms with Gasteiger partial charge >= 0.3 is 5.97 Å². The predicted octanol–water partition coefficient (Wildman–Crippen LogP) is 2.49. The SMILES string of the molecule is CC1(C)CCC2(C(=O)O)CCC3C(=CCC4C3(C)CCC3C(C)(C)C(OC5OC(CO)C(O)C(OC6OC(CO)C(O)C(O)C6O)C5O)CCC34C)C2C1. The van der Waals surface area contributed by atoms with E-state index in [-0.39, 0.29) is 39.6 Å². The van der Waals surface area contributed by atoms with E-state index in [1.54, 1.807) is 0 Å². The van der Waals surface area contributed by atoms with E-state index in [4.69, 9.17) is 18.9 Å². The molecule has 2 heterocycles. The smallest absolute Gasteiger partial charge is 0.310 e. The summed E-state index contributed by atoms with van der Waals surface area (Å²) < 4.78 is 23.9. The first-order chi connectivity index (χ1) is 25.3. The summed E-state index contributed by atoms with van der Waals surface area (Å²) in [5, 5.41) is 84.1. The molecule has 8 N–H and O–H groups in total. The van der Waals surface area contributed by atoms with Crippen LogP contribution < -0.4 is 0 Å². The van der Waals surface area contributed by atoms with E-state index in [2.05, 4.69) is 47.6 Å². The van der Waals surface area contributed by atoms with Gasteiger partial charge in [0.15, 0.2) is 12.6 Å². The highest BCUT2D eigenvalue weighted by Gasteiger charge is 2.66. The second-order valence-corrected chi connectivity index (χ2v) is 20.1. The molecule has 0 spiro atoms. The molecule has 0 aromatic rings. The molecule has 18 unspecified atom stereocenters. The summed E-state index contributed by atoms with van der Waals surface area (Å²) in [7, 11) is 0. The lowest BCUT2D eigenvalue weighted by Gasteiger charge is -2.68. The first kappa shape index (κ1) is 40.9. The van der Waals surface area contributed by atoms with Crippen LogP contribution in [0.5, 0.6) is 0 Å². The molecule has 308 valence electrons. The topological polar surface area (TPSA) is 216 Å². The number of allylic oxidation sites excluding steroid dienone is 2. The molecule has 0 bridgehead atoms. The van der Waals surface area contributed by atoms with Crippen LogP contribution in [0.3, 0.4) is 0 Å². The average molecular weight is 767 g/mol. The van der Waals surface area contributed by atoms with Crippen LogP contribution in [0.2, 0.25) is 0 Å². The Bertz CT molecular complexity index is 1430. The van der Waals surface area contributed by atoms with Gasteiger partial charge < -0.3 is 59.8 Å². The number of carboxylic acids is 1. The molecule has 5 aliphatic carbocycles. The lowest BCUT2D eigenvalue weighted by Crippen LogP contribution is -2.66. The van der Waals surface area contributed by atoms with Crippen LogP contribution in [0.1, 0.15) is 106 Å². The van der Waals surface area contributed by atoms with E-state index in [0.717, 1.165) is 57.8 Å². The molecule has 13 nitrogen and oxygen atoms in total. The second-order valence-electron chi connectivity index (χ2n) is 20.1. The fourth-order valence-corrected chi connectivity index (χ4v) is 13.3. The van der Waals surface area contributed by atoms with Crippen molar-refractivity contribution >= 4 is 5.97 Å². The van der Waals surface area contributed by atoms with E-state index < -0.39 is 86.0 Å². The normalized spacial score (nSPS) is 52.5. The van der Waals surface area contributed by atoms with Gasteiger partial charge in [-0.3, -0.25) is 4.79 Å². The van der Waals surface area contributed by atoms with Crippen LogP contribution in [0.15, 0.2) is 11.6 Å². The molecule has 2 saturated heterocycles. The molecule has 18 atom stereocenters. The first-order valence-corrected chi connectivity index (χ1v) is 20.4. The van der Waals surface area contributed by atoms with Crippen molar-refractivity contribution in [1.29, 1.82) is 0 Å². The lowest BCUT2D eigenvalue weighted by atomic mass is 9.37. The monoisotopic (exact) mass is 766 g/mol. The largest absolute Gasteiger partial charge is 0.481 e. The van der Waals surface area contributed by atoms with Crippen LogP contribution in [0, 0.1) is 50.7 Å². The van der Waals surface area contributed by atoms with Crippen LogP contribution in [0.25, 0.3) is 0 Å². The third-order valence-electron chi connectivity index (χ3n) is 16.5. The summed E-state index contributed by atoms with van der Waals surface area (Å²) in [5.41, 5.74) is 0.544. The Hall–Kier alpha value is -1.23. The van der Waals surface area contributed by atoms with E-state index in [1.807, 2.05) is 0 Å². The van der Waals surface area contributed by atoms with E-state index in [1.165, 1.54) is 5.57 Å². The van der Waals surface area contributed by atoms with E-state index in [0.29, 0.717) is 18.3 Å². The maximum Gasteiger partial charge on any atom is 0.310 e. The molecule has 6 fully saturated rings. The van der Waals surface area contributed by atoms with Crippen molar-refractivity contribution in [3.63, 3.8) is 0 Å². The van der Waals surface area contributed by atoms with Gasteiger partial charge in [-0.15, -0.1) is 0 Å². The van der Waals surface area contributed by atoms with Crippen molar-refractivity contribution in [2.45, 2.75) is 173 Å². The van der Waals surface area contributed by atoms with E-state index >= 15 is 0 Å². The molecular weight excluding hydrogens is 700 g/mol. The summed E-state index contributed by atoms with van der Waals surface area (Å²) in [6, 6.07) is 0. The number of hydrogen-bond acceptors (Lipinski definition) is 12. The van der Waals surface area contributed by atoms with Crippen molar-refractivity contribution in [2.24, 2.45) is 50.7 Å². The summed E-state index contributed by atoms with van der Waals surface area (Å²) in [6.07, 6.45) is -4.16. The highest BCUT2D eigenvalue weighted by molar-refractivity contribution is 5.76. The number of rotatable bonds is 7. The minimum absolute atomic E-state index is 0.0177. The minimum Gasteiger partial charge on any atom is -0.481 e. The molecule has 0 aromatic carbocycles. The lowest BCUT2D eigenvalue weighted by molar-refractivity contribution is -0.369. The van der Waals surface area contributed by atoms with E-state index in [9.17, 15) is 45.6 Å². The summed E-state index contributed by atoms with van der Waals surface area (Å²) in [6.45, 7) is 12.7. The average Bonchev–Trinajstić information content (AvgIpc) is 3.11. The summed E-state index contributed by atoms with van der Waals surface area (Å²) in [5.74, 6) is 0.509. The second kappa shape index (κ2) is 14.2. The minimum atomic E-state index is -1.75. The maximum atomic E-state index is 12.9. The van der Waals surface area contributed by atoms with Gasteiger partial charge in [-0.25, -0.2) is 0 Å². The predicted molar refractivity (Wildman–Crippen MR) is 193 cm³/mol. The molecule has 7 rings (SSSR count). The van der Waals surface area contributed by atoms with Crippen LogP contribution >= 0.6 is 0 Å². The quantitative estimate of drug-likeness (QED) is 0.138. The number of fused-ring (bicyclic) bond motifs is 7. The van der Waals surface area contributed by atoms with Crippen molar-refractivity contribution in [3.8, 4) is 0 Å². The van der Waals surface area contributed by atoms with Gasteiger partial charge in [0.1, 0.15) is 48.8 Å². The Morgan fingerprint density at radius 2 is 1.33 bits per heavy atom. The van der Waals surface area contributed by atoms with Gasteiger partial charge in [0.25, 0.3) is 0 Å². The Labute approximate surface area is 319 Å². The van der Waals surface area contributed by atoms with Gasteiger partial charge in [-0.1, -0.05) is 53.2 Å². The highest BCUT2D eigenvalue weighted by Crippen LogP contribution is 2.72. The number of carbonyl (C=O) groups is 1. The van der Waals surface area contributed by atoms with Crippen molar-refractivity contribution in [1.82, 2.24) is 0 Å². The molecule has 13 heteroatoms. The Kier molecular flexibility index (Phi) is 10.8. The first-order valence-electron chi connectivity index (χ1n) is 20.4. The Morgan fingerprint density at radius 1 is 0.704 bits per heavy atom. The number of carboxylic acid groups (broad SMARTS) is 1. The molecule has 0 aromatic heterocycles. The number of aliphatic hydroxyl groups is 7. The van der Waals surface area contributed by atoms with Crippen LogP contribution in [-0.2, 0) is 23.7 Å². The fraction of sp³-hybridized carbons (Fsp3) is 0.927. The molecule has 0 radical (unpaired) electrons. The molecule has 7 aliphatic rings. The number of aliphatic hydroxyl groups excluding tert-OH is 7. The number of aliphatic carboxylic acids is 1. The zero-order valence-electron chi connectivity index (χ0n) is 32.8. The molecule has 0 amide bonds.